The molecule has 63 heavy (non-hydrogen) atoms. The van der Waals surface area contributed by atoms with E-state index in [2.05, 4.69) is 84.2 Å². The number of aromatic nitrogens is 2. The molecule has 0 spiro atoms. The average molecular weight is 883 g/mol. The standard InChI is InChI=1S/2C21H38N.C14H10O4S/c2*1-2-3-4-5-6-7-8-9-10-11-12-13-14-16-19-22-20-17-15-18-21-22;15-13(16)9-1-5-11(6-2-9)19-12-7-3-10(4-8-12)14(17)18/h2*15,17-18,20-21H,2-14,16,19H2,1H3;1-8H,(H,15,16)(H,17,18)/q2*+1;. The maximum absolute atomic E-state index is 10.7. The first-order valence-corrected chi connectivity index (χ1v) is 26.0. The van der Waals surface area contributed by atoms with Gasteiger partial charge in [0, 0.05) is 46.9 Å². The summed E-state index contributed by atoms with van der Waals surface area (Å²) in [6.07, 6.45) is 48.8. The Morgan fingerprint density at radius 3 is 0.841 bits per heavy atom. The molecule has 348 valence electrons. The second kappa shape index (κ2) is 39.6. The number of aryl methyl sites for hydroxylation is 2. The van der Waals surface area contributed by atoms with Gasteiger partial charge < -0.3 is 10.2 Å². The Hall–Kier alpha value is -3.97. The summed E-state index contributed by atoms with van der Waals surface area (Å²) < 4.78 is 4.58. The summed E-state index contributed by atoms with van der Waals surface area (Å²) in [7, 11) is 0. The molecule has 2 aromatic heterocycles. The maximum atomic E-state index is 10.7. The van der Waals surface area contributed by atoms with Crippen molar-refractivity contribution in [2.45, 2.75) is 217 Å². The van der Waals surface area contributed by atoms with E-state index >= 15 is 0 Å². The third kappa shape index (κ3) is 31.5. The Bertz CT molecular complexity index is 1510. The van der Waals surface area contributed by atoms with E-state index in [4.69, 9.17) is 10.2 Å². The Morgan fingerprint density at radius 1 is 0.365 bits per heavy atom. The molecule has 0 amide bonds. The summed E-state index contributed by atoms with van der Waals surface area (Å²) >= 11 is 1.44. The van der Waals surface area contributed by atoms with Crippen molar-refractivity contribution in [2.75, 3.05) is 0 Å². The van der Waals surface area contributed by atoms with Gasteiger partial charge in [0.15, 0.2) is 24.8 Å². The predicted molar refractivity (Wildman–Crippen MR) is 265 cm³/mol. The van der Waals surface area contributed by atoms with Crippen LogP contribution >= 0.6 is 11.8 Å². The van der Waals surface area contributed by atoms with Crippen LogP contribution in [0.5, 0.6) is 0 Å². The molecule has 0 bridgehead atoms. The number of carboxylic acid groups (broad SMARTS) is 2. The van der Waals surface area contributed by atoms with E-state index < -0.39 is 11.9 Å². The summed E-state index contributed by atoms with van der Waals surface area (Å²) in [5.74, 6) is -1.91. The number of carbonyl (C=O) groups is 2. The molecule has 4 rings (SSSR count). The van der Waals surface area contributed by atoms with Crippen molar-refractivity contribution in [1.82, 2.24) is 0 Å². The highest BCUT2D eigenvalue weighted by Crippen LogP contribution is 2.28. The van der Waals surface area contributed by atoms with Gasteiger partial charge in [-0.1, -0.05) is 192 Å². The fourth-order valence-corrected chi connectivity index (χ4v) is 8.43. The normalized spacial score (nSPS) is 10.7. The number of rotatable bonds is 34. The lowest BCUT2D eigenvalue weighted by Gasteiger charge is -2.03. The molecular formula is C56H86N2O4S+2. The van der Waals surface area contributed by atoms with Gasteiger partial charge >= 0.3 is 11.9 Å². The number of hydrogen-bond donors (Lipinski definition) is 2. The molecule has 0 aliphatic rings. The summed E-state index contributed by atoms with van der Waals surface area (Å²) in [4.78, 5) is 23.2. The highest BCUT2D eigenvalue weighted by Gasteiger charge is 2.05. The molecule has 6 nitrogen and oxygen atoms in total. The number of aromatic carboxylic acids is 2. The van der Waals surface area contributed by atoms with Gasteiger partial charge in [0.25, 0.3) is 0 Å². The zero-order valence-electron chi connectivity index (χ0n) is 39.6. The van der Waals surface area contributed by atoms with Crippen molar-refractivity contribution >= 4 is 23.7 Å². The van der Waals surface area contributed by atoms with Crippen LogP contribution in [0.2, 0.25) is 0 Å². The van der Waals surface area contributed by atoms with E-state index in [1.807, 2.05) is 0 Å². The number of carboxylic acids is 2. The van der Waals surface area contributed by atoms with Crippen molar-refractivity contribution in [2.24, 2.45) is 0 Å². The number of nitrogens with zero attached hydrogens (tertiary/aromatic N) is 2. The molecule has 0 aliphatic carbocycles. The van der Waals surface area contributed by atoms with Crippen molar-refractivity contribution in [3.63, 3.8) is 0 Å². The summed E-state index contributed by atoms with van der Waals surface area (Å²) in [6, 6.07) is 25.7. The molecule has 0 saturated heterocycles. The number of hydrogen-bond acceptors (Lipinski definition) is 3. The van der Waals surface area contributed by atoms with Gasteiger partial charge in [-0.3, -0.25) is 0 Å². The van der Waals surface area contributed by atoms with Gasteiger partial charge in [-0.25, -0.2) is 18.7 Å². The van der Waals surface area contributed by atoms with Gasteiger partial charge in [0.2, 0.25) is 0 Å². The average Bonchev–Trinajstić information content (AvgIpc) is 3.31. The van der Waals surface area contributed by atoms with Crippen LogP contribution in [-0.4, -0.2) is 22.2 Å². The van der Waals surface area contributed by atoms with Crippen LogP contribution in [0.25, 0.3) is 0 Å². The highest BCUT2D eigenvalue weighted by molar-refractivity contribution is 7.99. The topological polar surface area (TPSA) is 82.4 Å². The number of benzene rings is 2. The minimum Gasteiger partial charge on any atom is -0.478 e. The van der Waals surface area contributed by atoms with Crippen molar-refractivity contribution in [3.05, 3.63) is 121 Å². The van der Waals surface area contributed by atoms with Gasteiger partial charge in [-0.2, -0.15) is 0 Å². The van der Waals surface area contributed by atoms with E-state index in [0.29, 0.717) is 0 Å². The van der Waals surface area contributed by atoms with Gasteiger partial charge in [0.05, 0.1) is 11.1 Å². The van der Waals surface area contributed by atoms with Crippen molar-refractivity contribution in [3.8, 4) is 0 Å². The molecular weight excluding hydrogens is 797 g/mol. The van der Waals surface area contributed by atoms with E-state index in [-0.39, 0.29) is 11.1 Å². The molecule has 0 atom stereocenters. The van der Waals surface area contributed by atoms with E-state index in [1.54, 1.807) is 24.3 Å². The molecule has 0 radical (unpaired) electrons. The lowest BCUT2D eigenvalue weighted by atomic mass is 10.0. The van der Waals surface area contributed by atoms with Crippen LogP contribution in [-0.2, 0) is 13.1 Å². The Balaban J connectivity index is 0.000000326. The molecule has 0 aliphatic heterocycles. The van der Waals surface area contributed by atoms with E-state index in [9.17, 15) is 9.59 Å². The van der Waals surface area contributed by atoms with Crippen LogP contribution in [0.3, 0.4) is 0 Å². The third-order valence-corrected chi connectivity index (χ3v) is 12.5. The van der Waals surface area contributed by atoms with E-state index in [0.717, 1.165) is 9.79 Å². The Morgan fingerprint density at radius 2 is 0.603 bits per heavy atom. The quantitative estimate of drug-likeness (QED) is 0.0361. The molecule has 0 saturated carbocycles. The van der Waals surface area contributed by atoms with Crippen LogP contribution in [0, 0.1) is 0 Å². The first-order chi connectivity index (χ1) is 30.9. The van der Waals surface area contributed by atoms with Crippen LogP contribution in [0.4, 0.5) is 0 Å². The predicted octanol–water partition coefficient (Wildman–Crippen LogP) is 16.1. The number of pyridine rings is 2. The smallest absolute Gasteiger partial charge is 0.335 e. The van der Waals surface area contributed by atoms with Crippen LogP contribution in [0.15, 0.2) is 120 Å². The van der Waals surface area contributed by atoms with Gasteiger partial charge in [0.1, 0.15) is 13.1 Å². The van der Waals surface area contributed by atoms with Crippen LogP contribution < -0.4 is 9.13 Å². The molecule has 0 fully saturated rings. The number of unbranched alkanes of at least 4 members (excludes halogenated alkanes) is 26. The lowest BCUT2D eigenvalue weighted by molar-refractivity contribution is -0.697. The molecule has 4 aromatic rings. The van der Waals surface area contributed by atoms with Crippen molar-refractivity contribution < 1.29 is 28.9 Å². The second-order valence-electron chi connectivity index (χ2n) is 17.2. The summed E-state index contributed by atoms with van der Waals surface area (Å²) in [5, 5.41) is 17.6. The minimum atomic E-state index is -0.956. The molecule has 2 N–H and O–H groups in total. The Labute approximate surface area is 388 Å². The fraction of sp³-hybridized carbons (Fsp3) is 0.571. The fourth-order valence-electron chi connectivity index (χ4n) is 7.61. The SMILES string of the molecule is CCCCCCCCCCCCCCCC[n+]1ccccc1.CCCCCCCCCCCCCCCC[n+]1ccccc1.O=C(O)c1ccc(Sc2ccc(C(=O)O)cc2)cc1. The monoisotopic (exact) mass is 883 g/mol. The van der Waals surface area contributed by atoms with Crippen LogP contribution in [0.1, 0.15) is 214 Å². The highest BCUT2D eigenvalue weighted by atomic mass is 32.2. The molecule has 2 heterocycles. The summed E-state index contributed by atoms with van der Waals surface area (Å²) in [6.45, 7) is 6.94. The van der Waals surface area contributed by atoms with Crippen molar-refractivity contribution in [1.29, 1.82) is 0 Å². The Kier molecular flexibility index (Phi) is 34.7. The first kappa shape index (κ1) is 55.2. The molecule has 7 heteroatoms. The molecule has 2 aromatic carbocycles. The zero-order chi connectivity index (χ0) is 45.3. The first-order valence-electron chi connectivity index (χ1n) is 25.2. The third-order valence-electron chi connectivity index (χ3n) is 11.5. The van der Waals surface area contributed by atoms with E-state index in [1.165, 1.54) is 229 Å². The zero-order valence-corrected chi connectivity index (χ0v) is 40.4. The lowest BCUT2D eigenvalue weighted by Crippen LogP contribution is -2.32. The largest absolute Gasteiger partial charge is 0.478 e. The molecule has 0 unspecified atom stereocenters. The minimum absolute atomic E-state index is 0.241. The van der Waals surface area contributed by atoms with Gasteiger partial charge in [-0.05, 0) is 61.4 Å². The van der Waals surface area contributed by atoms with Gasteiger partial charge in [-0.15, -0.1) is 0 Å². The second-order valence-corrected chi connectivity index (χ2v) is 18.3. The maximum Gasteiger partial charge on any atom is 0.335 e. The summed E-state index contributed by atoms with van der Waals surface area (Å²) in [5.41, 5.74) is 0.483.